The Labute approximate surface area is 130 Å². The number of nitrogens with one attached hydrogen (secondary N) is 1. The summed E-state index contributed by atoms with van der Waals surface area (Å²) in [6.45, 7) is 5.38. The summed E-state index contributed by atoms with van der Waals surface area (Å²) in [6, 6.07) is 0. The lowest BCUT2D eigenvalue weighted by atomic mass is 9.79. The maximum absolute atomic E-state index is 12.6. The van der Waals surface area contributed by atoms with Crippen molar-refractivity contribution in [1.29, 1.82) is 0 Å². The Balaban J connectivity index is 2.11. The fourth-order valence-electron chi connectivity index (χ4n) is 2.72. The average Bonchev–Trinajstić information content (AvgIpc) is 2.70. The number of ether oxygens (including phenoxy) is 1. The normalized spacial score (nSPS) is 17.5. The molecule has 1 aromatic rings. The van der Waals surface area contributed by atoms with Crippen LogP contribution in [0.25, 0.3) is 0 Å². The molecule has 1 aromatic heterocycles. The van der Waals surface area contributed by atoms with Crippen LogP contribution in [0.3, 0.4) is 0 Å². The highest BCUT2D eigenvalue weighted by Crippen LogP contribution is 2.31. The Kier molecular flexibility index (Phi) is 4.63. The van der Waals surface area contributed by atoms with Gasteiger partial charge < -0.3 is 15.8 Å². The Morgan fingerprint density at radius 1 is 1.48 bits per heavy atom. The molecule has 1 fully saturated rings. The molecule has 1 saturated heterocycles. The number of aryl methyl sites for hydroxylation is 2. The van der Waals surface area contributed by atoms with E-state index in [9.17, 15) is 4.79 Å². The molecule has 6 nitrogen and oxygen atoms in total. The van der Waals surface area contributed by atoms with E-state index in [4.69, 9.17) is 22.7 Å². The lowest BCUT2D eigenvalue weighted by molar-refractivity contribution is -0.131. The van der Waals surface area contributed by atoms with Gasteiger partial charge in [-0.05, 0) is 26.7 Å². The molecule has 2 heterocycles. The molecule has 0 bridgehead atoms. The van der Waals surface area contributed by atoms with E-state index in [0.29, 0.717) is 32.6 Å². The number of aromatic nitrogens is 2. The Morgan fingerprint density at radius 2 is 2.10 bits per heavy atom. The van der Waals surface area contributed by atoms with Crippen molar-refractivity contribution < 1.29 is 9.53 Å². The van der Waals surface area contributed by atoms with Crippen molar-refractivity contribution in [3.8, 4) is 0 Å². The number of nitrogens with zero attached hydrogens (tertiary/aromatic N) is 2. The number of nitrogens with two attached hydrogens (primary N) is 1. The van der Waals surface area contributed by atoms with Gasteiger partial charge in [-0.1, -0.05) is 12.2 Å². The molecule has 1 aliphatic heterocycles. The van der Waals surface area contributed by atoms with Crippen molar-refractivity contribution in [3.05, 3.63) is 17.0 Å². The zero-order chi connectivity index (χ0) is 15.6. The summed E-state index contributed by atoms with van der Waals surface area (Å²) in [4.78, 5) is 12.9. The Morgan fingerprint density at radius 3 is 2.57 bits per heavy atom. The smallest absolute Gasteiger partial charge is 0.233 e. The van der Waals surface area contributed by atoms with Gasteiger partial charge in [0, 0.05) is 38.1 Å². The standard InChI is InChI=1S/C14H22N4O2S/c1-9-11(10(2)18(3)17-9)8-16-13(19)14(12(15)21)4-6-20-7-5-14/h4-8H2,1-3H3,(H2,15,21)(H,16,19). The summed E-state index contributed by atoms with van der Waals surface area (Å²) in [5, 5.41) is 7.32. The molecule has 0 radical (unpaired) electrons. The van der Waals surface area contributed by atoms with Gasteiger partial charge in [0.15, 0.2) is 0 Å². The minimum absolute atomic E-state index is 0.110. The van der Waals surface area contributed by atoms with Crippen LogP contribution in [-0.2, 0) is 23.1 Å². The van der Waals surface area contributed by atoms with Gasteiger partial charge in [0.25, 0.3) is 0 Å². The third-order valence-electron chi connectivity index (χ3n) is 4.34. The molecule has 0 unspecified atom stereocenters. The topological polar surface area (TPSA) is 82.2 Å². The first kappa shape index (κ1) is 15.9. The van der Waals surface area contributed by atoms with Gasteiger partial charge in [0.05, 0.1) is 10.7 Å². The zero-order valence-corrected chi connectivity index (χ0v) is 13.5. The fraction of sp³-hybridized carbons (Fsp3) is 0.643. The molecule has 0 saturated carbocycles. The van der Waals surface area contributed by atoms with Crippen LogP contribution in [-0.4, -0.2) is 33.9 Å². The summed E-state index contributed by atoms with van der Waals surface area (Å²) in [6.07, 6.45) is 1.08. The lowest BCUT2D eigenvalue weighted by Gasteiger charge is -2.34. The van der Waals surface area contributed by atoms with E-state index in [1.54, 1.807) is 0 Å². The highest BCUT2D eigenvalue weighted by molar-refractivity contribution is 7.80. The van der Waals surface area contributed by atoms with Crippen molar-refractivity contribution in [2.75, 3.05) is 13.2 Å². The Hall–Kier alpha value is -1.47. The molecule has 0 atom stereocenters. The van der Waals surface area contributed by atoms with E-state index in [0.717, 1.165) is 17.0 Å². The molecule has 7 heteroatoms. The molecule has 0 aliphatic carbocycles. The van der Waals surface area contributed by atoms with Crippen LogP contribution < -0.4 is 11.1 Å². The summed E-state index contributed by atoms with van der Waals surface area (Å²) in [5.41, 5.74) is 8.06. The van der Waals surface area contributed by atoms with Crippen molar-refractivity contribution >= 4 is 23.1 Å². The average molecular weight is 310 g/mol. The van der Waals surface area contributed by atoms with Crippen molar-refractivity contribution in [2.45, 2.75) is 33.2 Å². The lowest BCUT2D eigenvalue weighted by Crippen LogP contribution is -2.51. The van der Waals surface area contributed by atoms with Crippen molar-refractivity contribution in [1.82, 2.24) is 15.1 Å². The van der Waals surface area contributed by atoms with Crippen LogP contribution in [0.4, 0.5) is 0 Å². The van der Waals surface area contributed by atoms with E-state index in [1.165, 1.54) is 0 Å². The quantitative estimate of drug-likeness (QED) is 0.802. The number of carbonyl (C=O) groups excluding carboxylic acids is 1. The van der Waals surface area contributed by atoms with Gasteiger partial charge in [-0.15, -0.1) is 0 Å². The molecule has 116 valence electrons. The zero-order valence-electron chi connectivity index (χ0n) is 12.7. The van der Waals surface area contributed by atoms with Gasteiger partial charge >= 0.3 is 0 Å². The second-order valence-electron chi connectivity index (χ2n) is 5.51. The molecule has 0 spiro atoms. The van der Waals surface area contributed by atoms with Crippen molar-refractivity contribution in [3.63, 3.8) is 0 Å². The third kappa shape index (κ3) is 2.94. The third-order valence-corrected chi connectivity index (χ3v) is 4.73. The van der Waals surface area contributed by atoms with E-state index in [-0.39, 0.29) is 10.9 Å². The van der Waals surface area contributed by atoms with Crippen LogP contribution in [0.1, 0.15) is 29.8 Å². The highest BCUT2D eigenvalue weighted by atomic mass is 32.1. The van der Waals surface area contributed by atoms with E-state index < -0.39 is 5.41 Å². The SMILES string of the molecule is Cc1nn(C)c(C)c1CNC(=O)C1(C(N)=S)CCOCC1. The summed E-state index contributed by atoms with van der Waals surface area (Å²) < 4.78 is 7.13. The maximum atomic E-state index is 12.6. The minimum atomic E-state index is -0.780. The summed E-state index contributed by atoms with van der Waals surface area (Å²) in [5.74, 6) is -0.110. The van der Waals surface area contributed by atoms with E-state index >= 15 is 0 Å². The van der Waals surface area contributed by atoms with Gasteiger partial charge in [-0.2, -0.15) is 5.10 Å². The molecule has 0 aromatic carbocycles. The first-order chi connectivity index (χ1) is 9.88. The van der Waals surface area contributed by atoms with Crippen LogP contribution >= 0.6 is 12.2 Å². The molecular formula is C14H22N4O2S. The number of hydrogen-bond acceptors (Lipinski definition) is 4. The van der Waals surface area contributed by atoms with Crippen LogP contribution in [0.2, 0.25) is 0 Å². The Bertz CT molecular complexity index is 562. The fourth-order valence-corrected chi connectivity index (χ4v) is 3.01. The van der Waals surface area contributed by atoms with Gasteiger partial charge in [-0.25, -0.2) is 0 Å². The number of carbonyl (C=O) groups is 1. The van der Waals surface area contributed by atoms with Crippen LogP contribution in [0, 0.1) is 19.3 Å². The van der Waals surface area contributed by atoms with Gasteiger partial charge in [0.1, 0.15) is 5.41 Å². The number of rotatable bonds is 4. The first-order valence-corrected chi connectivity index (χ1v) is 7.44. The molecule has 21 heavy (non-hydrogen) atoms. The van der Waals surface area contributed by atoms with Crippen LogP contribution in [0.15, 0.2) is 0 Å². The second-order valence-corrected chi connectivity index (χ2v) is 5.95. The van der Waals surface area contributed by atoms with Crippen molar-refractivity contribution in [2.24, 2.45) is 18.2 Å². The second kappa shape index (κ2) is 6.11. The summed E-state index contributed by atoms with van der Waals surface area (Å²) in [7, 11) is 1.89. The monoisotopic (exact) mass is 310 g/mol. The molecule has 1 amide bonds. The maximum Gasteiger partial charge on any atom is 0.233 e. The number of thiocarbonyl (C=S) groups is 1. The molecule has 2 rings (SSSR count). The summed E-state index contributed by atoms with van der Waals surface area (Å²) >= 11 is 5.14. The van der Waals surface area contributed by atoms with Crippen LogP contribution in [0.5, 0.6) is 0 Å². The van der Waals surface area contributed by atoms with E-state index in [1.807, 2.05) is 25.6 Å². The largest absolute Gasteiger partial charge is 0.392 e. The molecular weight excluding hydrogens is 288 g/mol. The van der Waals surface area contributed by atoms with Gasteiger partial charge in [0.2, 0.25) is 5.91 Å². The van der Waals surface area contributed by atoms with E-state index in [2.05, 4.69) is 10.4 Å². The van der Waals surface area contributed by atoms with Gasteiger partial charge in [-0.3, -0.25) is 9.48 Å². The minimum Gasteiger partial charge on any atom is -0.392 e. The predicted molar refractivity (Wildman–Crippen MR) is 83.8 cm³/mol. The molecule has 1 aliphatic rings. The first-order valence-electron chi connectivity index (χ1n) is 7.03. The highest BCUT2D eigenvalue weighted by Gasteiger charge is 2.42. The number of hydrogen-bond donors (Lipinski definition) is 2. The predicted octanol–water partition coefficient (Wildman–Crippen LogP) is 0.736. The number of amides is 1. The molecule has 3 N–H and O–H groups in total.